The second kappa shape index (κ2) is 6.89. The lowest BCUT2D eigenvalue weighted by atomic mass is 10.2. The molecule has 0 bridgehead atoms. The molecular weight excluding hydrogens is 368 g/mol. The number of hydrogen-bond donors (Lipinski definition) is 2. The topological polar surface area (TPSA) is 84.0 Å². The van der Waals surface area contributed by atoms with Crippen molar-refractivity contribution in [3.05, 3.63) is 54.1 Å². The molecule has 1 atom stereocenters. The molecular formula is C18H14N4O2S2. The first kappa shape index (κ1) is 16.7. The Morgan fingerprint density at radius 2 is 1.96 bits per heavy atom. The van der Waals surface area contributed by atoms with E-state index in [-0.39, 0.29) is 17.1 Å². The summed E-state index contributed by atoms with van der Waals surface area (Å²) in [5, 5.41) is 14.8. The van der Waals surface area contributed by atoms with Gasteiger partial charge in [-0.05, 0) is 25.1 Å². The van der Waals surface area contributed by atoms with Crippen LogP contribution in [0.1, 0.15) is 17.3 Å². The van der Waals surface area contributed by atoms with Crippen LogP contribution in [0.15, 0.2) is 53.4 Å². The fourth-order valence-corrected chi connectivity index (χ4v) is 4.16. The van der Waals surface area contributed by atoms with Crippen LogP contribution in [-0.2, 0) is 4.79 Å². The first-order chi connectivity index (χ1) is 12.6. The highest BCUT2D eigenvalue weighted by Crippen LogP contribution is 2.36. The molecule has 1 aromatic heterocycles. The van der Waals surface area contributed by atoms with Crippen molar-refractivity contribution in [2.75, 3.05) is 10.6 Å². The average Bonchev–Trinajstić information content (AvgIpc) is 3.11. The van der Waals surface area contributed by atoms with Gasteiger partial charge in [-0.15, -0.1) is 22.0 Å². The summed E-state index contributed by atoms with van der Waals surface area (Å²) in [6, 6.07) is 14.9. The van der Waals surface area contributed by atoms with E-state index in [4.69, 9.17) is 0 Å². The number of amides is 2. The summed E-state index contributed by atoms with van der Waals surface area (Å²) in [6.07, 6.45) is 0. The van der Waals surface area contributed by atoms with Gasteiger partial charge in [-0.25, -0.2) is 0 Å². The predicted octanol–water partition coefficient (Wildman–Crippen LogP) is 3.89. The van der Waals surface area contributed by atoms with Crippen molar-refractivity contribution in [2.24, 2.45) is 0 Å². The van der Waals surface area contributed by atoms with Crippen LogP contribution >= 0.6 is 23.1 Å². The number of carbonyl (C=O) groups excluding carboxylic acids is 2. The highest BCUT2D eigenvalue weighted by Gasteiger charge is 2.24. The van der Waals surface area contributed by atoms with Crippen LogP contribution in [0.4, 0.5) is 10.8 Å². The van der Waals surface area contributed by atoms with Crippen molar-refractivity contribution in [1.29, 1.82) is 0 Å². The molecule has 0 saturated heterocycles. The number of fused-ring (bicyclic) bond motifs is 1. The average molecular weight is 382 g/mol. The molecule has 0 fully saturated rings. The van der Waals surface area contributed by atoms with Gasteiger partial charge in [-0.3, -0.25) is 14.9 Å². The second-order valence-electron chi connectivity index (χ2n) is 5.69. The smallest absolute Gasteiger partial charge is 0.257 e. The van der Waals surface area contributed by atoms with Crippen molar-refractivity contribution in [3.63, 3.8) is 0 Å². The molecule has 8 heteroatoms. The molecule has 0 spiro atoms. The molecule has 130 valence electrons. The Labute approximate surface area is 158 Å². The van der Waals surface area contributed by atoms with Gasteiger partial charge in [0.25, 0.3) is 5.91 Å². The van der Waals surface area contributed by atoms with E-state index in [0.29, 0.717) is 16.4 Å². The Kier molecular flexibility index (Phi) is 4.44. The molecule has 2 amide bonds. The molecule has 0 radical (unpaired) electrons. The van der Waals surface area contributed by atoms with Gasteiger partial charge < -0.3 is 5.32 Å². The summed E-state index contributed by atoms with van der Waals surface area (Å²) in [6.45, 7) is 1.85. The molecule has 0 saturated carbocycles. The Morgan fingerprint density at radius 3 is 2.77 bits per heavy atom. The lowest BCUT2D eigenvalue weighted by Crippen LogP contribution is -2.26. The van der Waals surface area contributed by atoms with Crippen molar-refractivity contribution in [1.82, 2.24) is 10.2 Å². The van der Waals surface area contributed by atoms with Crippen molar-refractivity contribution >= 4 is 45.7 Å². The molecule has 4 rings (SSSR count). The molecule has 1 aliphatic rings. The number of rotatable bonds is 3. The monoisotopic (exact) mass is 382 g/mol. The summed E-state index contributed by atoms with van der Waals surface area (Å²) in [5.74, 6) is -0.349. The Bertz CT molecular complexity index is 988. The minimum absolute atomic E-state index is 0.0586. The lowest BCUT2D eigenvalue weighted by Gasteiger charge is -2.21. The van der Waals surface area contributed by atoms with E-state index in [2.05, 4.69) is 20.8 Å². The molecule has 2 aromatic carbocycles. The number of thioether (sulfide) groups is 1. The van der Waals surface area contributed by atoms with Crippen molar-refractivity contribution in [2.45, 2.75) is 17.1 Å². The third kappa shape index (κ3) is 3.33. The molecule has 2 heterocycles. The van der Waals surface area contributed by atoms with Crippen LogP contribution in [0.3, 0.4) is 0 Å². The maximum absolute atomic E-state index is 12.5. The Hall–Kier alpha value is -2.71. The van der Waals surface area contributed by atoms with Gasteiger partial charge in [0.2, 0.25) is 11.0 Å². The van der Waals surface area contributed by atoms with E-state index in [9.17, 15) is 9.59 Å². The zero-order valence-electron chi connectivity index (χ0n) is 13.7. The van der Waals surface area contributed by atoms with E-state index in [1.54, 1.807) is 12.1 Å². The van der Waals surface area contributed by atoms with Crippen molar-refractivity contribution in [3.8, 4) is 10.6 Å². The van der Waals surface area contributed by atoms with Gasteiger partial charge in [0.1, 0.15) is 5.01 Å². The number of hydrogen-bond acceptors (Lipinski definition) is 6. The summed E-state index contributed by atoms with van der Waals surface area (Å²) < 4.78 is 0. The maximum Gasteiger partial charge on any atom is 0.257 e. The summed E-state index contributed by atoms with van der Waals surface area (Å²) >= 11 is 2.79. The number of anilines is 2. The number of aromatic nitrogens is 2. The number of nitrogens with zero attached hydrogens (tertiary/aromatic N) is 2. The van der Waals surface area contributed by atoms with Gasteiger partial charge >= 0.3 is 0 Å². The summed E-state index contributed by atoms with van der Waals surface area (Å²) in [7, 11) is 0. The Morgan fingerprint density at radius 1 is 1.15 bits per heavy atom. The van der Waals surface area contributed by atoms with E-state index >= 15 is 0 Å². The van der Waals surface area contributed by atoms with Crippen LogP contribution in [0, 0.1) is 0 Å². The standard InChI is InChI=1S/C18H14N4O2S2/c1-10-15(23)19-13-9-12(7-8-14(13)25-10)16(24)20-18-22-21-17(26-18)11-5-3-2-4-6-11/h2-10H,1H3,(H,19,23)(H,20,22,24). The zero-order valence-corrected chi connectivity index (χ0v) is 15.4. The Balaban J connectivity index is 1.52. The highest BCUT2D eigenvalue weighted by atomic mass is 32.2. The first-order valence-electron chi connectivity index (χ1n) is 7.92. The van der Waals surface area contributed by atoms with Gasteiger partial charge in [0.15, 0.2) is 0 Å². The van der Waals surface area contributed by atoms with Crippen LogP contribution in [-0.4, -0.2) is 27.3 Å². The van der Waals surface area contributed by atoms with Gasteiger partial charge in [-0.2, -0.15) is 0 Å². The molecule has 0 aliphatic carbocycles. The highest BCUT2D eigenvalue weighted by molar-refractivity contribution is 8.00. The quantitative estimate of drug-likeness (QED) is 0.718. The lowest BCUT2D eigenvalue weighted by molar-refractivity contribution is -0.115. The van der Waals surface area contributed by atoms with Gasteiger partial charge in [0, 0.05) is 16.0 Å². The van der Waals surface area contributed by atoms with E-state index in [0.717, 1.165) is 15.5 Å². The van der Waals surface area contributed by atoms with Gasteiger partial charge in [-0.1, -0.05) is 41.7 Å². The minimum atomic E-state index is -0.290. The van der Waals surface area contributed by atoms with E-state index in [1.165, 1.54) is 23.1 Å². The fraction of sp³-hybridized carbons (Fsp3) is 0.111. The fourth-order valence-electron chi connectivity index (χ4n) is 2.49. The molecule has 6 nitrogen and oxygen atoms in total. The van der Waals surface area contributed by atoms with Crippen molar-refractivity contribution < 1.29 is 9.59 Å². The number of nitrogens with one attached hydrogen (secondary N) is 2. The summed E-state index contributed by atoms with van der Waals surface area (Å²) in [4.78, 5) is 25.3. The maximum atomic E-state index is 12.5. The molecule has 26 heavy (non-hydrogen) atoms. The number of benzene rings is 2. The SMILES string of the molecule is CC1Sc2ccc(C(=O)Nc3nnc(-c4ccccc4)s3)cc2NC1=O. The third-order valence-electron chi connectivity index (χ3n) is 3.84. The largest absolute Gasteiger partial charge is 0.324 e. The normalized spacial score (nSPS) is 15.9. The van der Waals surface area contributed by atoms with Crippen LogP contribution < -0.4 is 10.6 Å². The summed E-state index contributed by atoms with van der Waals surface area (Å²) in [5.41, 5.74) is 2.07. The van der Waals surface area contributed by atoms with Gasteiger partial charge in [0.05, 0.1) is 10.9 Å². The third-order valence-corrected chi connectivity index (χ3v) is 5.90. The molecule has 2 N–H and O–H groups in total. The van der Waals surface area contributed by atoms with Crippen LogP contribution in [0.2, 0.25) is 0 Å². The zero-order chi connectivity index (χ0) is 18.1. The molecule has 1 aliphatic heterocycles. The molecule has 3 aromatic rings. The van der Waals surface area contributed by atoms with E-state index < -0.39 is 0 Å². The minimum Gasteiger partial charge on any atom is -0.324 e. The van der Waals surface area contributed by atoms with E-state index in [1.807, 2.05) is 43.3 Å². The number of carbonyl (C=O) groups is 2. The predicted molar refractivity (Wildman–Crippen MR) is 104 cm³/mol. The first-order valence-corrected chi connectivity index (χ1v) is 9.61. The second-order valence-corrected chi connectivity index (χ2v) is 8.05. The molecule has 1 unspecified atom stereocenters. The van der Waals surface area contributed by atoms with Crippen LogP contribution in [0.25, 0.3) is 10.6 Å². The van der Waals surface area contributed by atoms with Crippen LogP contribution in [0.5, 0.6) is 0 Å².